The number of aryl methyl sites for hydroxylation is 2. The van der Waals surface area contributed by atoms with Crippen LogP contribution in [0.15, 0.2) is 36.4 Å². The first kappa shape index (κ1) is 59.7. The summed E-state index contributed by atoms with van der Waals surface area (Å²) in [6, 6.07) is 10.0. The maximum absolute atomic E-state index is 12.9. The van der Waals surface area contributed by atoms with E-state index in [0.29, 0.717) is 37.6 Å². The number of unbranched alkanes of at least 4 members (excludes halogenated alkanes) is 17. The summed E-state index contributed by atoms with van der Waals surface area (Å²) in [5, 5.41) is 19.8. The molecule has 0 aromatic heterocycles. The van der Waals surface area contributed by atoms with Gasteiger partial charge in [-0.25, -0.2) is 0 Å². The van der Waals surface area contributed by atoms with Gasteiger partial charge in [0.05, 0.1) is 47.7 Å². The maximum atomic E-state index is 12.9. The molecule has 0 aliphatic carbocycles. The highest BCUT2D eigenvalue weighted by Gasteiger charge is 2.21. The quantitative estimate of drug-likeness (QED) is 0.0212. The molecular formula is C52H82N4O10S2. The Morgan fingerprint density at radius 1 is 0.485 bits per heavy atom. The monoisotopic (exact) mass is 987 g/mol. The van der Waals surface area contributed by atoms with Gasteiger partial charge in [-0.2, -0.15) is 0 Å². The molecule has 0 heterocycles. The molecule has 2 atom stereocenters. The summed E-state index contributed by atoms with van der Waals surface area (Å²) in [4.78, 5) is 75.5. The lowest BCUT2D eigenvalue weighted by atomic mass is 9.99. The topological polar surface area (TPSA) is 209 Å². The van der Waals surface area contributed by atoms with Crippen LogP contribution in [-0.2, 0) is 41.5 Å². The molecule has 2 aromatic rings. The molecule has 0 radical (unpaired) electrons. The predicted molar refractivity (Wildman–Crippen MR) is 274 cm³/mol. The van der Waals surface area contributed by atoms with E-state index in [0.717, 1.165) is 101 Å². The number of carbonyl (C=O) groups is 6. The fourth-order valence-electron chi connectivity index (χ4n) is 7.44. The normalized spacial score (nSPS) is 11.9. The lowest BCUT2D eigenvalue weighted by Gasteiger charge is -2.15. The number of hydrogen-bond donors (Lipinski definition) is 6. The van der Waals surface area contributed by atoms with Crippen molar-refractivity contribution < 1.29 is 48.5 Å². The number of hydrazine groups is 2. The third-order valence-electron chi connectivity index (χ3n) is 11.6. The molecule has 2 unspecified atom stereocenters. The summed E-state index contributed by atoms with van der Waals surface area (Å²) >= 11 is 2.58. The van der Waals surface area contributed by atoms with Gasteiger partial charge in [0.1, 0.15) is 11.5 Å². The van der Waals surface area contributed by atoms with Gasteiger partial charge in [0.25, 0.3) is 23.6 Å². The number of amides is 4. The van der Waals surface area contributed by atoms with E-state index in [1.807, 2.05) is 12.1 Å². The zero-order chi connectivity index (χ0) is 49.8. The van der Waals surface area contributed by atoms with Gasteiger partial charge in [-0.1, -0.05) is 141 Å². The van der Waals surface area contributed by atoms with Crippen molar-refractivity contribution >= 4 is 59.1 Å². The largest absolute Gasteiger partial charge is 0.507 e. The summed E-state index contributed by atoms with van der Waals surface area (Å²) in [6.45, 7) is 8.46. The Hall–Kier alpha value is -4.44. The average Bonchev–Trinajstić information content (AvgIpc) is 3.32. The van der Waals surface area contributed by atoms with E-state index in [1.54, 1.807) is 26.0 Å². The third kappa shape index (κ3) is 26.4. The first-order chi connectivity index (χ1) is 32.9. The number of carbonyl (C=O) groups excluding carboxylic acids is 6. The molecule has 0 fully saturated rings. The lowest BCUT2D eigenvalue weighted by molar-refractivity contribution is -0.144. The van der Waals surface area contributed by atoms with Crippen LogP contribution in [0.4, 0.5) is 0 Å². The van der Waals surface area contributed by atoms with Crippen molar-refractivity contribution in [2.45, 2.75) is 192 Å². The third-order valence-corrected chi connectivity index (χ3v) is 13.9. The minimum Gasteiger partial charge on any atom is -0.507 e. The second-order valence-electron chi connectivity index (χ2n) is 17.3. The van der Waals surface area contributed by atoms with Gasteiger partial charge in [-0.3, -0.25) is 50.5 Å². The summed E-state index contributed by atoms with van der Waals surface area (Å²) in [7, 11) is 0. The van der Waals surface area contributed by atoms with E-state index in [4.69, 9.17) is 9.47 Å². The first-order valence-corrected chi connectivity index (χ1v) is 27.4. The molecule has 68 heavy (non-hydrogen) atoms. The lowest BCUT2D eigenvalue weighted by Crippen LogP contribution is -2.45. The van der Waals surface area contributed by atoms with Crippen LogP contribution in [0.5, 0.6) is 11.5 Å². The van der Waals surface area contributed by atoms with Gasteiger partial charge in [0.15, 0.2) is 0 Å². The van der Waals surface area contributed by atoms with Gasteiger partial charge in [0, 0.05) is 11.5 Å². The highest BCUT2D eigenvalue weighted by molar-refractivity contribution is 8.00. The number of thioether (sulfide) groups is 2. The van der Waals surface area contributed by atoms with E-state index in [1.165, 1.54) is 74.2 Å². The van der Waals surface area contributed by atoms with Crippen LogP contribution in [0.25, 0.3) is 0 Å². The molecule has 4 amide bonds. The molecule has 0 saturated carbocycles. The number of esters is 2. The number of ether oxygens (including phenoxy) is 2. The molecule has 0 saturated heterocycles. The van der Waals surface area contributed by atoms with Crippen LogP contribution in [0, 0.1) is 0 Å². The molecule has 2 rings (SSSR count). The number of hydrogen-bond acceptors (Lipinski definition) is 12. The standard InChI is InChI=1S/C52H82N4O10S2/c1-5-7-9-11-17-21-27-41-29-25-31-43(57)47(41)51(63)55-53-49(61)39(3)67-37-33-45(59)65-35-23-19-15-13-14-16-20-24-36-66-46(60)34-38-68-40(4)50(62)54-56-52(64)48-42(30-26-32-44(48)58)28-22-18-12-10-8-6-2/h25-26,29-32,39-40,57-58H,5-24,27-28,33-38H2,1-4H3,(H,53,61)(H,54,62)(H,55,63)(H,56,64). The van der Waals surface area contributed by atoms with Gasteiger partial charge in [-0.15, -0.1) is 23.5 Å². The Labute approximate surface area is 414 Å². The van der Waals surface area contributed by atoms with E-state index in [9.17, 15) is 39.0 Å². The molecular weight excluding hydrogens is 905 g/mol. The van der Waals surface area contributed by atoms with Gasteiger partial charge in [0.2, 0.25) is 0 Å². The van der Waals surface area contributed by atoms with E-state index >= 15 is 0 Å². The van der Waals surface area contributed by atoms with E-state index < -0.39 is 34.1 Å². The van der Waals surface area contributed by atoms with Crippen molar-refractivity contribution in [3.05, 3.63) is 58.7 Å². The fourth-order valence-corrected chi connectivity index (χ4v) is 9.14. The average molecular weight is 987 g/mol. The molecule has 2 aromatic carbocycles. The summed E-state index contributed by atoms with van der Waals surface area (Å²) in [5.74, 6) is -2.03. The van der Waals surface area contributed by atoms with Crippen LogP contribution in [-0.4, -0.2) is 81.0 Å². The van der Waals surface area contributed by atoms with Crippen molar-refractivity contribution in [1.29, 1.82) is 0 Å². The molecule has 0 spiro atoms. The zero-order valence-corrected chi connectivity index (χ0v) is 43.0. The van der Waals surface area contributed by atoms with Gasteiger partial charge >= 0.3 is 11.9 Å². The van der Waals surface area contributed by atoms with Crippen LogP contribution >= 0.6 is 23.5 Å². The second-order valence-corrected chi connectivity index (χ2v) is 20.2. The summed E-state index contributed by atoms with van der Waals surface area (Å²) in [5.41, 5.74) is 11.6. The van der Waals surface area contributed by atoms with E-state index in [2.05, 4.69) is 35.6 Å². The SMILES string of the molecule is CCCCCCCCc1cccc(O)c1C(=O)NNC(=O)C(C)SCCC(=O)OCCCCCCCCCCOC(=O)CCSC(C)C(=O)NNC(=O)c1c(O)cccc1CCCCCCCC. The molecule has 382 valence electrons. The molecule has 6 N–H and O–H groups in total. The van der Waals surface area contributed by atoms with Crippen molar-refractivity contribution in [1.82, 2.24) is 21.7 Å². The summed E-state index contributed by atoms with van der Waals surface area (Å²) < 4.78 is 10.7. The number of phenols is 2. The second kappa shape index (κ2) is 37.5. The van der Waals surface area contributed by atoms with Crippen LogP contribution in [0.3, 0.4) is 0 Å². The zero-order valence-electron chi connectivity index (χ0n) is 41.4. The molecule has 0 aliphatic rings. The molecule has 14 nitrogen and oxygen atoms in total. The molecule has 0 bridgehead atoms. The summed E-state index contributed by atoms with van der Waals surface area (Å²) in [6.07, 6.45) is 22.7. The minimum absolute atomic E-state index is 0.126. The molecule has 16 heteroatoms. The van der Waals surface area contributed by atoms with Gasteiger partial charge < -0.3 is 19.7 Å². The highest BCUT2D eigenvalue weighted by atomic mass is 32.2. The number of phenolic OH excluding ortho intramolecular Hbond substituents is 2. The maximum Gasteiger partial charge on any atom is 0.306 e. The van der Waals surface area contributed by atoms with Crippen molar-refractivity contribution in [3.63, 3.8) is 0 Å². The predicted octanol–water partition coefficient (Wildman–Crippen LogP) is 10.4. The van der Waals surface area contributed by atoms with E-state index in [-0.39, 0.29) is 47.4 Å². The van der Waals surface area contributed by atoms with Gasteiger partial charge in [-0.05, 0) is 75.6 Å². The van der Waals surface area contributed by atoms with Crippen molar-refractivity contribution in [2.75, 3.05) is 24.7 Å². The number of aromatic hydroxyl groups is 2. The highest BCUT2D eigenvalue weighted by Crippen LogP contribution is 2.25. The van der Waals surface area contributed by atoms with Crippen molar-refractivity contribution in [3.8, 4) is 11.5 Å². The minimum atomic E-state index is -0.569. The van der Waals surface area contributed by atoms with Crippen LogP contribution < -0.4 is 21.7 Å². The Bertz CT molecular complexity index is 1670. The smallest absolute Gasteiger partial charge is 0.306 e. The fraction of sp³-hybridized carbons (Fsp3) is 0.654. The van der Waals surface area contributed by atoms with Crippen LogP contribution in [0.1, 0.15) is 201 Å². The number of rotatable bonds is 37. The Morgan fingerprint density at radius 3 is 1.19 bits per heavy atom. The Balaban J connectivity index is 1.45. The number of benzene rings is 2. The Kier molecular flexibility index (Phi) is 32.9. The first-order valence-electron chi connectivity index (χ1n) is 25.3. The number of nitrogens with one attached hydrogen (secondary N) is 4. The van der Waals surface area contributed by atoms with Crippen LogP contribution in [0.2, 0.25) is 0 Å². The Morgan fingerprint density at radius 2 is 0.824 bits per heavy atom. The van der Waals surface area contributed by atoms with Crippen molar-refractivity contribution in [2.24, 2.45) is 0 Å². The molecule has 0 aliphatic heterocycles.